The molecule has 0 saturated carbocycles. The molecule has 26 heavy (non-hydrogen) atoms. The van der Waals surface area contributed by atoms with E-state index in [-0.39, 0.29) is 5.56 Å². The van der Waals surface area contributed by atoms with Gasteiger partial charge < -0.3 is 15.2 Å². The number of alkyl halides is 3. The molecular weight excluding hydrogens is 351 g/mol. The second kappa shape index (κ2) is 7.26. The number of amides is 2. The van der Waals surface area contributed by atoms with Crippen molar-refractivity contribution in [3.8, 4) is 0 Å². The molecule has 2 N–H and O–H groups in total. The average molecular weight is 365 g/mol. The molecule has 0 aliphatic rings. The minimum atomic E-state index is -4.66. The summed E-state index contributed by atoms with van der Waals surface area (Å²) >= 11 is 0. The molecule has 0 unspecified atom stereocenters. The Hall–Kier alpha value is -3.36. The molecule has 0 radical (unpaired) electrons. The van der Waals surface area contributed by atoms with Gasteiger partial charge >= 0.3 is 6.18 Å². The van der Waals surface area contributed by atoms with Gasteiger partial charge in [0, 0.05) is 24.5 Å². The number of carbonyl (C=O) groups excluding carboxylic acids is 2. The van der Waals surface area contributed by atoms with Gasteiger partial charge in [-0.3, -0.25) is 14.4 Å². The monoisotopic (exact) mass is 365 g/mol. The third kappa shape index (κ3) is 4.38. The Morgan fingerprint density at radius 2 is 1.77 bits per heavy atom. The van der Waals surface area contributed by atoms with Crippen LogP contribution in [0.3, 0.4) is 0 Å². The summed E-state index contributed by atoms with van der Waals surface area (Å²) in [5.41, 5.74) is -1.82. The minimum Gasteiger partial charge on any atom is -0.323 e. The van der Waals surface area contributed by atoms with Gasteiger partial charge in [-0.1, -0.05) is 6.58 Å². The van der Waals surface area contributed by atoms with Crippen molar-refractivity contribution in [3.05, 3.63) is 70.7 Å². The zero-order valence-corrected chi connectivity index (χ0v) is 13.6. The van der Waals surface area contributed by atoms with E-state index in [1.54, 1.807) is 0 Å². The van der Waals surface area contributed by atoms with Crippen LogP contribution in [0.1, 0.15) is 15.9 Å². The van der Waals surface area contributed by atoms with Crippen LogP contribution in [0.2, 0.25) is 0 Å². The van der Waals surface area contributed by atoms with E-state index in [2.05, 4.69) is 17.2 Å². The van der Waals surface area contributed by atoms with Crippen LogP contribution in [-0.4, -0.2) is 16.4 Å². The molecule has 2 amide bonds. The Morgan fingerprint density at radius 3 is 2.31 bits per heavy atom. The van der Waals surface area contributed by atoms with Crippen LogP contribution in [-0.2, 0) is 18.0 Å². The van der Waals surface area contributed by atoms with E-state index >= 15 is 0 Å². The van der Waals surface area contributed by atoms with Crippen molar-refractivity contribution in [2.45, 2.75) is 6.18 Å². The molecule has 0 fully saturated rings. The molecule has 2 aromatic rings. The number of aryl methyl sites for hydroxylation is 1. The van der Waals surface area contributed by atoms with Crippen molar-refractivity contribution in [1.29, 1.82) is 0 Å². The Kier molecular flexibility index (Phi) is 5.30. The SMILES string of the molecule is C=CC(=O)Nc1ccc(C(=O)Nc2cc(C(F)(F)F)cn(C)c2=O)cc1. The van der Waals surface area contributed by atoms with Crippen LogP contribution in [0.5, 0.6) is 0 Å². The lowest BCUT2D eigenvalue weighted by Gasteiger charge is -2.12. The van der Waals surface area contributed by atoms with Gasteiger partial charge in [0.1, 0.15) is 5.69 Å². The third-order valence-corrected chi connectivity index (χ3v) is 3.36. The summed E-state index contributed by atoms with van der Waals surface area (Å²) in [4.78, 5) is 35.3. The summed E-state index contributed by atoms with van der Waals surface area (Å²) in [5, 5.41) is 4.66. The van der Waals surface area contributed by atoms with Crippen molar-refractivity contribution in [3.63, 3.8) is 0 Å². The number of hydrogen-bond acceptors (Lipinski definition) is 3. The highest BCUT2D eigenvalue weighted by Gasteiger charge is 2.32. The van der Waals surface area contributed by atoms with E-state index < -0.39 is 34.8 Å². The third-order valence-electron chi connectivity index (χ3n) is 3.36. The van der Waals surface area contributed by atoms with Crippen molar-refractivity contribution >= 4 is 23.2 Å². The first kappa shape index (κ1) is 19.0. The van der Waals surface area contributed by atoms with Crippen LogP contribution in [0.25, 0.3) is 0 Å². The van der Waals surface area contributed by atoms with Gasteiger partial charge in [0.25, 0.3) is 11.5 Å². The Labute approximate surface area is 145 Å². The summed E-state index contributed by atoms with van der Waals surface area (Å²) in [7, 11) is 1.16. The van der Waals surface area contributed by atoms with Crippen LogP contribution in [0, 0.1) is 0 Å². The number of halogens is 3. The molecule has 2 rings (SSSR count). The topological polar surface area (TPSA) is 80.2 Å². The van der Waals surface area contributed by atoms with Gasteiger partial charge in [0.2, 0.25) is 5.91 Å². The first-order valence-electron chi connectivity index (χ1n) is 7.24. The van der Waals surface area contributed by atoms with Gasteiger partial charge in [-0.25, -0.2) is 0 Å². The van der Waals surface area contributed by atoms with Crippen molar-refractivity contribution in [1.82, 2.24) is 4.57 Å². The average Bonchev–Trinajstić information content (AvgIpc) is 2.58. The van der Waals surface area contributed by atoms with Gasteiger partial charge in [-0.15, -0.1) is 0 Å². The van der Waals surface area contributed by atoms with E-state index in [0.717, 1.165) is 17.7 Å². The number of nitrogens with one attached hydrogen (secondary N) is 2. The quantitative estimate of drug-likeness (QED) is 0.818. The summed E-state index contributed by atoms with van der Waals surface area (Å²) in [6, 6.07) is 6.15. The smallest absolute Gasteiger partial charge is 0.323 e. The lowest BCUT2D eigenvalue weighted by Crippen LogP contribution is -2.26. The standard InChI is InChI=1S/C17H14F3N3O3/c1-3-14(24)21-12-6-4-10(5-7-12)15(25)22-13-8-11(17(18,19)20)9-23(2)16(13)26/h3-9H,1H2,2H3,(H,21,24)(H,22,25). The largest absolute Gasteiger partial charge is 0.417 e. The van der Waals surface area contributed by atoms with Crippen molar-refractivity contribution in [2.75, 3.05) is 10.6 Å². The van der Waals surface area contributed by atoms with Crippen LogP contribution < -0.4 is 16.2 Å². The van der Waals surface area contributed by atoms with Gasteiger partial charge in [-0.2, -0.15) is 13.2 Å². The van der Waals surface area contributed by atoms with E-state index in [1.807, 2.05) is 0 Å². The molecule has 0 saturated heterocycles. The van der Waals surface area contributed by atoms with E-state index in [0.29, 0.717) is 18.0 Å². The van der Waals surface area contributed by atoms with Gasteiger partial charge in [0.15, 0.2) is 0 Å². The number of hydrogen-bond donors (Lipinski definition) is 2. The summed E-state index contributed by atoms with van der Waals surface area (Å²) in [5.74, 6) is -1.20. The summed E-state index contributed by atoms with van der Waals surface area (Å²) in [6.45, 7) is 3.30. The fraction of sp³-hybridized carbons (Fsp3) is 0.118. The normalized spacial score (nSPS) is 10.9. The summed E-state index contributed by atoms with van der Waals surface area (Å²) in [6.07, 6.45) is -2.94. The Bertz CT molecular complexity index is 916. The second-order valence-electron chi connectivity index (χ2n) is 5.28. The fourth-order valence-corrected chi connectivity index (χ4v) is 2.05. The highest BCUT2D eigenvalue weighted by Crippen LogP contribution is 2.29. The molecule has 136 valence electrons. The van der Waals surface area contributed by atoms with Gasteiger partial charge in [-0.05, 0) is 36.4 Å². The summed E-state index contributed by atoms with van der Waals surface area (Å²) < 4.78 is 39.3. The number of nitrogens with zero attached hydrogens (tertiary/aromatic N) is 1. The number of pyridine rings is 1. The maximum Gasteiger partial charge on any atom is 0.417 e. The number of aromatic nitrogens is 1. The highest BCUT2D eigenvalue weighted by atomic mass is 19.4. The lowest BCUT2D eigenvalue weighted by atomic mass is 10.2. The second-order valence-corrected chi connectivity index (χ2v) is 5.28. The molecule has 6 nitrogen and oxygen atoms in total. The molecule has 0 atom stereocenters. The van der Waals surface area contributed by atoms with Crippen LogP contribution in [0.15, 0.2) is 54.0 Å². The lowest BCUT2D eigenvalue weighted by molar-refractivity contribution is -0.138. The molecule has 1 aromatic heterocycles. The van der Waals surface area contributed by atoms with Gasteiger partial charge in [0.05, 0.1) is 5.56 Å². The van der Waals surface area contributed by atoms with Crippen molar-refractivity contribution in [2.24, 2.45) is 7.05 Å². The van der Waals surface area contributed by atoms with E-state index in [4.69, 9.17) is 0 Å². The number of rotatable bonds is 4. The Balaban J connectivity index is 2.24. The zero-order valence-electron chi connectivity index (χ0n) is 13.6. The number of benzene rings is 1. The predicted octanol–water partition coefficient (Wildman–Crippen LogP) is 2.78. The molecule has 9 heteroatoms. The molecule has 0 spiro atoms. The van der Waals surface area contributed by atoms with Crippen LogP contribution in [0.4, 0.5) is 24.5 Å². The molecule has 0 aliphatic heterocycles. The minimum absolute atomic E-state index is 0.0982. The number of anilines is 2. The first-order valence-corrected chi connectivity index (χ1v) is 7.24. The van der Waals surface area contributed by atoms with Crippen molar-refractivity contribution < 1.29 is 22.8 Å². The van der Waals surface area contributed by atoms with Crippen LogP contribution >= 0.6 is 0 Å². The molecule has 0 aliphatic carbocycles. The highest BCUT2D eigenvalue weighted by molar-refractivity contribution is 6.05. The van der Waals surface area contributed by atoms with E-state index in [1.165, 1.54) is 24.3 Å². The molecule has 1 aromatic carbocycles. The number of carbonyl (C=O) groups is 2. The fourth-order valence-electron chi connectivity index (χ4n) is 2.05. The maximum absolute atomic E-state index is 12.8. The molecule has 0 bridgehead atoms. The first-order chi connectivity index (χ1) is 12.1. The van der Waals surface area contributed by atoms with E-state index in [9.17, 15) is 27.6 Å². The zero-order chi connectivity index (χ0) is 19.5. The Morgan fingerprint density at radius 1 is 1.15 bits per heavy atom. The predicted molar refractivity (Wildman–Crippen MR) is 89.9 cm³/mol. The molecule has 1 heterocycles. The maximum atomic E-state index is 12.8. The molecular formula is C17H14F3N3O3.